The van der Waals surface area contributed by atoms with Crippen LogP contribution >= 0.6 is 0 Å². The van der Waals surface area contributed by atoms with Crippen molar-refractivity contribution in [2.45, 2.75) is 43.9 Å². The van der Waals surface area contributed by atoms with E-state index < -0.39 is 57.1 Å². The molecule has 1 aromatic carbocycles. The van der Waals surface area contributed by atoms with Crippen molar-refractivity contribution in [1.82, 2.24) is 9.71 Å². The van der Waals surface area contributed by atoms with Gasteiger partial charge in [0.1, 0.15) is 16.6 Å². The zero-order valence-electron chi connectivity index (χ0n) is 15.5. The molecule has 2 aromatic rings. The molecule has 0 amide bonds. The number of halogens is 7. The summed E-state index contributed by atoms with van der Waals surface area (Å²) in [4.78, 5) is 3.70. The molecule has 1 heterocycles. The standard InChI is InChI=1S/C18H17F7N2OS/c1-16(2,3)29(28)27-14(15-12(18(23,24)25)5-4-8-26-15)10-6-7-11(13(19)9-10)17(20,21)22/h4-9,14,27H,1-3H3/t14-,29-/m0/s1. The molecule has 0 radical (unpaired) electrons. The lowest BCUT2D eigenvalue weighted by molar-refractivity contribution is -0.140. The molecule has 2 atom stereocenters. The van der Waals surface area contributed by atoms with Gasteiger partial charge in [-0.25, -0.2) is 4.39 Å². The Balaban J connectivity index is 2.64. The topological polar surface area (TPSA) is 48.0 Å². The van der Waals surface area contributed by atoms with E-state index in [-0.39, 0.29) is 5.56 Å². The molecular formula is C18H17F7N2OS. The summed E-state index contributed by atoms with van der Waals surface area (Å²) in [5, 5.41) is 0. The van der Waals surface area contributed by atoms with Crippen LogP contribution in [0.15, 0.2) is 36.5 Å². The van der Waals surface area contributed by atoms with Crippen molar-refractivity contribution in [2.24, 2.45) is 0 Å². The summed E-state index contributed by atoms with van der Waals surface area (Å²) in [5.41, 5.74) is -3.65. The minimum atomic E-state index is -4.97. The molecule has 160 valence electrons. The van der Waals surface area contributed by atoms with Gasteiger partial charge in [0, 0.05) is 17.6 Å². The van der Waals surface area contributed by atoms with E-state index in [9.17, 15) is 35.3 Å². The van der Waals surface area contributed by atoms with Gasteiger partial charge in [0.15, 0.2) is 0 Å². The molecule has 1 aromatic heterocycles. The maximum absolute atomic E-state index is 14.1. The van der Waals surface area contributed by atoms with Crippen LogP contribution in [0.4, 0.5) is 30.7 Å². The summed E-state index contributed by atoms with van der Waals surface area (Å²) >= 11 is -1.93. The van der Waals surface area contributed by atoms with E-state index in [0.29, 0.717) is 12.1 Å². The molecule has 2 rings (SSSR count). The highest BCUT2D eigenvalue weighted by atomic mass is 32.2. The predicted octanol–water partition coefficient (Wildman–Crippen LogP) is 5.40. The first-order valence-electron chi connectivity index (χ1n) is 8.19. The maximum atomic E-state index is 14.1. The third kappa shape index (κ3) is 5.61. The first kappa shape index (κ1) is 23.4. The Morgan fingerprint density at radius 1 is 0.966 bits per heavy atom. The zero-order chi connectivity index (χ0) is 22.2. The van der Waals surface area contributed by atoms with E-state index in [0.717, 1.165) is 24.4 Å². The molecule has 3 nitrogen and oxygen atoms in total. The number of aromatic nitrogens is 1. The summed E-state index contributed by atoms with van der Waals surface area (Å²) in [7, 11) is 0. The van der Waals surface area contributed by atoms with Gasteiger partial charge in [-0.2, -0.15) is 26.3 Å². The van der Waals surface area contributed by atoms with Crippen molar-refractivity contribution in [2.75, 3.05) is 0 Å². The van der Waals surface area contributed by atoms with Gasteiger partial charge in [-0.3, -0.25) is 4.98 Å². The van der Waals surface area contributed by atoms with Gasteiger partial charge in [0.05, 0.1) is 16.8 Å². The third-order valence-corrected chi connectivity index (χ3v) is 5.39. The molecule has 0 bridgehead atoms. The molecule has 1 N–H and O–H groups in total. The van der Waals surface area contributed by atoms with Crippen molar-refractivity contribution in [3.05, 3.63) is 64.7 Å². The summed E-state index contributed by atoms with van der Waals surface area (Å²) in [6, 6.07) is 1.93. The Morgan fingerprint density at radius 3 is 2.03 bits per heavy atom. The second-order valence-electron chi connectivity index (χ2n) is 7.10. The fourth-order valence-electron chi connectivity index (χ4n) is 2.39. The van der Waals surface area contributed by atoms with E-state index in [1.54, 1.807) is 20.8 Å². The Morgan fingerprint density at radius 2 is 1.55 bits per heavy atom. The fraction of sp³-hybridized carbons (Fsp3) is 0.389. The molecule has 0 fully saturated rings. The smallest absolute Gasteiger partial charge is 0.419 e. The van der Waals surface area contributed by atoms with Crippen molar-refractivity contribution in [3.63, 3.8) is 0 Å². The molecule has 11 heteroatoms. The zero-order valence-corrected chi connectivity index (χ0v) is 16.3. The number of alkyl halides is 6. The highest BCUT2D eigenvalue weighted by Gasteiger charge is 2.40. The maximum Gasteiger partial charge on any atom is 0.419 e. The Labute approximate surface area is 165 Å². The summed E-state index contributed by atoms with van der Waals surface area (Å²) in [6.45, 7) is 4.64. The lowest BCUT2D eigenvalue weighted by atomic mass is 9.98. The lowest BCUT2D eigenvalue weighted by Crippen LogP contribution is -2.42. The van der Waals surface area contributed by atoms with Crippen molar-refractivity contribution in [3.8, 4) is 0 Å². The SMILES string of the molecule is CC(C)(C)[S@+]([O-])N[C@@H](c1ccc(C(F)(F)F)c(F)c1)c1ncccc1C(F)(F)F. The molecule has 0 saturated carbocycles. The van der Waals surface area contributed by atoms with Gasteiger partial charge < -0.3 is 4.55 Å². The van der Waals surface area contributed by atoms with E-state index in [1.165, 1.54) is 0 Å². The van der Waals surface area contributed by atoms with Crippen LogP contribution in [0.2, 0.25) is 0 Å². The largest absolute Gasteiger partial charge is 0.598 e. The second-order valence-corrected chi connectivity index (χ2v) is 9.10. The molecular weight excluding hydrogens is 425 g/mol. The summed E-state index contributed by atoms with van der Waals surface area (Å²) in [6.07, 6.45) is -8.75. The molecule has 0 unspecified atom stereocenters. The van der Waals surface area contributed by atoms with Gasteiger partial charge in [0.2, 0.25) is 0 Å². The Kier molecular flexibility index (Phi) is 6.56. The van der Waals surface area contributed by atoms with E-state index in [1.807, 2.05) is 0 Å². The molecule has 29 heavy (non-hydrogen) atoms. The van der Waals surface area contributed by atoms with Crippen molar-refractivity contribution < 1.29 is 35.3 Å². The van der Waals surface area contributed by atoms with Gasteiger partial charge in [-0.1, -0.05) is 6.07 Å². The minimum absolute atomic E-state index is 0.280. The van der Waals surface area contributed by atoms with Crippen LogP contribution in [-0.4, -0.2) is 14.3 Å². The molecule has 0 aliphatic carbocycles. The van der Waals surface area contributed by atoms with Gasteiger partial charge >= 0.3 is 12.4 Å². The summed E-state index contributed by atoms with van der Waals surface area (Å²) < 4.78 is 107. The quantitative estimate of drug-likeness (QED) is 0.510. The van der Waals surface area contributed by atoms with E-state index >= 15 is 0 Å². The second kappa shape index (κ2) is 8.11. The number of benzene rings is 1. The molecule has 0 aliphatic rings. The lowest BCUT2D eigenvalue weighted by Gasteiger charge is -2.29. The number of nitrogens with zero attached hydrogens (tertiary/aromatic N) is 1. The molecule has 0 aliphatic heterocycles. The highest BCUT2D eigenvalue weighted by molar-refractivity contribution is 7.90. The number of hydrogen-bond acceptors (Lipinski definition) is 3. The van der Waals surface area contributed by atoms with Crippen molar-refractivity contribution >= 4 is 11.4 Å². The monoisotopic (exact) mass is 442 g/mol. The average molecular weight is 442 g/mol. The van der Waals surface area contributed by atoms with Crippen molar-refractivity contribution in [1.29, 1.82) is 0 Å². The number of rotatable bonds is 4. The van der Waals surface area contributed by atoms with E-state index in [2.05, 4.69) is 9.71 Å². The van der Waals surface area contributed by atoms with Crippen LogP contribution in [0.3, 0.4) is 0 Å². The van der Waals surface area contributed by atoms with Gasteiger partial charge in [0.25, 0.3) is 0 Å². The third-order valence-electron chi connectivity index (χ3n) is 3.83. The van der Waals surface area contributed by atoms with E-state index in [4.69, 9.17) is 0 Å². The van der Waals surface area contributed by atoms with Crippen LogP contribution < -0.4 is 4.72 Å². The Bertz CT molecular complexity index is 863. The highest BCUT2D eigenvalue weighted by Crippen LogP contribution is 2.38. The van der Waals surface area contributed by atoms with Crippen LogP contribution in [-0.2, 0) is 23.7 Å². The first-order valence-corrected chi connectivity index (χ1v) is 9.34. The number of hydrogen-bond donors (Lipinski definition) is 1. The Hall–Kier alpha value is -1.85. The number of pyridine rings is 1. The predicted molar refractivity (Wildman–Crippen MR) is 93.5 cm³/mol. The fourth-order valence-corrected chi connectivity index (χ4v) is 3.21. The molecule has 0 spiro atoms. The average Bonchev–Trinajstić information content (AvgIpc) is 2.56. The van der Waals surface area contributed by atoms with Crippen LogP contribution in [0.1, 0.15) is 49.2 Å². The summed E-state index contributed by atoms with van der Waals surface area (Å²) in [5.74, 6) is -1.66. The van der Waals surface area contributed by atoms with Crippen LogP contribution in [0.25, 0.3) is 0 Å². The normalized spacial score (nSPS) is 15.3. The van der Waals surface area contributed by atoms with Gasteiger partial charge in [-0.05, 0) is 50.6 Å². The minimum Gasteiger partial charge on any atom is -0.598 e. The molecule has 0 saturated heterocycles. The van der Waals surface area contributed by atoms with Crippen LogP contribution in [0, 0.1) is 5.82 Å². The van der Waals surface area contributed by atoms with Crippen LogP contribution in [0.5, 0.6) is 0 Å². The first-order chi connectivity index (χ1) is 13.1. The number of nitrogens with one attached hydrogen (secondary N) is 1. The van der Waals surface area contributed by atoms with Gasteiger partial charge in [-0.15, -0.1) is 4.72 Å².